The molecule has 1 aliphatic heterocycles. The summed E-state index contributed by atoms with van der Waals surface area (Å²) in [6.45, 7) is 0.995. The van der Waals surface area contributed by atoms with Crippen LogP contribution in [0.3, 0.4) is 0 Å². The number of benzene rings is 1. The van der Waals surface area contributed by atoms with Gasteiger partial charge < -0.3 is 9.67 Å². The zero-order valence-electron chi connectivity index (χ0n) is 15.3. The molecule has 1 saturated carbocycles. The van der Waals surface area contributed by atoms with Crippen molar-refractivity contribution in [1.82, 2.24) is 14.5 Å². The smallest absolute Gasteiger partial charge is 0.416 e. The minimum atomic E-state index is -4.35. The first-order valence-corrected chi connectivity index (χ1v) is 9.53. The predicted octanol–water partition coefficient (Wildman–Crippen LogP) is 4.52. The number of rotatable bonds is 5. The fraction of sp³-hybridized carbons (Fsp3) is 0.500. The number of alkyl halides is 3. The Kier molecular flexibility index (Phi) is 4.81. The van der Waals surface area contributed by atoms with E-state index >= 15 is 0 Å². The van der Waals surface area contributed by atoms with Crippen molar-refractivity contribution in [2.24, 2.45) is 5.92 Å². The van der Waals surface area contributed by atoms with E-state index in [9.17, 15) is 23.1 Å². The normalized spacial score (nSPS) is 19.5. The van der Waals surface area contributed by atoms with Gasteiger partial charge >= 0.3 is 12.3 Å². The Morgan fingerprint density at radius 2 is 1.89 bits per heavy atom. The van der Waals surface area contributed by atoms with Crippen LogP contribution in [0.5, 0.6) is 0 Å². The number of hydrogen-bond acceptors (Lipinski definition) is 2. The minimum absolute atomic E-state index is 0.339. The average Bonchev–Trinajstić information content (AvgIpc) is 3.37. The molecule has 150 valence electrons. The molecule has 2 aromatic rings. The maximum atomic E-state index is 12.7. The largest absolute Gasteiger partial charge is 0.465 e. The van der Waals surface area contributed by atoms with Crippen molar-refractivity contribution in [3.8, 4) is 0 Å². The number of halogens is 3. The van der Waals surface area contributed by atoms with Crippen LogP contribution in [-0.4, -0.2) is 32.2 Å². The third-order valence-electron chi connectivity index (χ3n) is 5.65. The summed E-state index contributed by atoms with van der Waals surface area (Å²) in [6, 6.07) is 4.74. The molecule has 1 aromatic carbocycles. The molecule has 0 spiro atoms. The van der Waals surface area contributed by atoms with Gasteiger partial charge in [0, 0.05) is 19.5 Å². The first kappa shape index (κ1) is 18.8. The Labute approximate surface area is 160 Å². The van der Waals surface area contributed by atoms with E-state index in [1.807, 2.05) is 0 Å². The highest BCUT2D eigenvalue weighted by molar-refractivity contribution is 5.66. The summed E-state index contributed by atoms with van der Waals surface area (Å²) in [5.41, 5.74) is 0.966. The number of nitrogens with zero attached hydrogens (tertiary/aromatic N) is 3. The summed E-state index contributed by atoms with van der Waals surface area (Å²) in [5, 5.41) is 9.59. The van der Waals surface area contributed by atoms with E-state index < -0.39 is 17.8 Å². The second-order valence-corrected chi connectivity index (χ2v) is 7.62. The summed E-state index contributed by atoms with van der Waals surface area (Å²) >= 11 is 0. The fourth-order valence-corrected chi connectivity index (χ4v) is 3.92. The van der Waals surface area contributed by atoms with Crippen LogP contribution < -0.4 is 0 Å². The Bertz CT molecular complexity index is 857. The minimum Gasteiger partial charge on any atom is -0.465 e. The number of fused-ring (bicyclic) bond motifs is 1. The molecule has 2 aliphatic rings. The Morgan fingerprint density at radius 3 is 2.50 bits per heavy atom. The molecule has 0 bridgehead atoms. The van der Waals surface area contributed by atoms with E-state index in [1.54, 1.807) is 6.20 Å². The number of aryl methyl sites for hydroxylation is 1. The SMILES string of the molecule is O=C(O)N1CCn2c(cnc2CC2CC2)C1CCc1ccc(C(F)(F)F)cc1. The maximum Gasteiger partial charge on any atom is 0.416 e. The number of aromatic nitrogens is 2. The summed E-state index contributed by atoms with van der Waals surface area (Å²) < 4.78 is 40.3. The van der Waals surface area contributed by atoms with Gasteiger partial charge in [-0.05, 0) is 49.3 Å². The fourth-order valence-electron chi connectivity index (χ4n) is 3.92. The molecule has 1 amide bonds. The van der Waals surface area contributed by atoms with Crippen LogP contribution >= 0.6 is 0 Å². The quantitative estimate of drug-likeness (QED) is 0.813. The summed E-state index contributed by atoms with van der Waals surface area (Å²) in [6.07, 6.45) is 0.812. The number of carbonyl (C=O) groups is 1. The Hall–Kier alpha value is -2.51. The molecule has 1 aromatic heterocycles. The van der Waals surface area contributed by atoms with Gasteiger partial charge in [-0.25, -0.2) is 9.78 Å². The van der Waals surface area contributed by atoms with Gasteiger partial charge in [-0.2, -0.15) is 13.2 Å². The molecule has 1 atom stereocenters. The molecular formula is C20H22F3N3O2. The van der Waals surface area contributed by atoms with Crippen LogP contribution in [0.25, 0.3) is 0 Å². The molecule has 2 heterocycles. The second kappa shape index (κ2) is 7.14. The standard InChI is InChI=1S/C20H22F3N3O2/c21-20(22,23)15-6-3-13(4-7-15)5-8-16-17-12-24-18(11-14-1-2-14)25(17)9-10-26(16)19(27)28/h3-4,6-7,12,14,16H,1-2,5,8-11H2,(H,27,28). The van der Waals surface area contributed by atoms with Crippen LogP contribution in [-0.2, 0) is 25.6 Å². The van der Waals surface area contributed by atoms with Crippen molar-refractivity contribution in [3.05, 3.63) is 53.1 Å². The monoisotopic (exact) mass is 393 g/mol. The van der Waals surface area contributed by atoms with E-state index in [4.69, 9.17) is 0 Å². The van der Waals surface area contributed by atoms with Crippen molar-refractivity contribution < 1.29 is 23.1 Å². The third kappa shape index (κ3) is 3.86. The van der Waals surface area contributed by atoms with Gasteiger partial charge in [-0.1, -0.05) is 12.1 Å². The number of imidazole rings is 1. The first-order valence-electron chi connectivity index (χ1n) is 9.53. The van der Waals surface area contributed by atoms with Gasteiger partial charge in [0.25, 0.3) is 0 Å². The molecule has 1 fully saturated rings. The molecule has 1 aliphatic carbocycles. The highest BCUT2D eigenvalue weighted by atomic mass is 19.4. The first-order chi connectivity index (χ1) is 13.3. The van der Waals surface area contributed by atoms with Gasteiger partial charge in [0.2, 0.25) is 0 Å². The average molecular weight is 393 g/mol. The number of hydrogen-bond donors (Lipinski definition) is 1. The lowest BCUT2D eigenvalue weighted by Crippen LogP contribution is -2.41. The summed E-state index contributed by atoms with van der Waals surface area (Å²) in [4.78, 5) is 17.7. The topological polar surface area (TPSA) is 58.4 Å². The maximum absolute atomic E-state index is 12.7. The molecule has 1 N–H and O–H groups in total. The zero-order chi connectivity index (χ0) is 19.9. The van der Waals surface area contributed by atoms with Gasteiger partial charge in [0.05, 0.1) is 23.5 Å². The predicted molar refractivity (Wildman–Crippen MR) is 95.9 cm³/mol. The molecule has 4 rings (SSSR count). The van der Waals surface area contributed by atoms with Gasteiger partial charge in [0.15, 0.2) is 0 Å². The van der Waals surface area contributed by atoms with Crippen molar-refractivity contribution in [1.29, 1.82) is 0 Å². The molecule has 8 heteroatoms. The highest BCUT2D eigenvalue weighted by Crippen LogP contribution is 2.36. The van der Waals surface area contributed by atoms with Crippen molar-refractivity contribution in [2.45, 2.75) is 50.9 Å². The Balaban J connectivity index is 1.51. The van der Waals surface area contributed by atoms with E-state index in [0.717, 1.165) is 35.6 Å². The molecular weight excluding hydrogens is 371 g/mol. The van der Waals surface area contributed by atoms with Gasteiger partial charge in [-0.3, -0.25) is 4.90 Å². The van der Waals surface area contributed by atoms with Gasteiger partial charge in [0.1, 0.15) is 5.82 Å². The lowest BCUT2D eigenvalue weighted by atomic mass is 9.99. The van der Waals surface area contributed by atoms with Crippen molar-refractivity contribution >= 4 is 6.09 Å². The third-order valence-corrected chi connectivity index (χ3v) is 5.65. The van der Waals surface area contributed by atoms with E-state index in [-0.39, 0.29) is 6.04 Å². The van der Waals surface area contributed by atoms with Crippen molar-refractivity contribution in [2.75, 3.05) is 6.54 Å². The number of carboxylic acid groups (broad SMARTS) is 1. The lowest BCUT2D eigenvalue weighted by molar-refractivity contribution is -0.137. The lowest BCUT2D eigenvalue weighted by Gasteiger charge is -2.35. The highest BCUT2D eigenvalue weighted by Gasteiger charge is 2.34. The van der Waals surface area contributed by atoms with Crippen LogP contribution in [0.15, 0.2) is 30.5 Å². The second-order valence-electron chi connectivity index (χ2n) is 7.62. The van der Waals surface area contributed by atoms with Gasteiger partial charge in [-0.15, -0.1) is 0 Å². The number of amides is 1. The van der Waals surface area contributed by atoms with E-state index in [1.165, 1.54) is 29.9 Å². The molecule has 0 saturated heterocycles. The Morgan fingerprint density at radius 1 is 1.18 bits per heavy atom. The summed E-state index contributed by atoms with van der Waals surface area (Å²) in [7, 11) is 0. The summed E-state index contributed by atoms with van der Waals surface area (Å²) in [5.74, 6) is 1.71. The van der Waals surface area contributed by atoms with E-state index in [2.05, 4.69) is 9.55 Å². The molecule has 5 nitrogen and oxygen atoms in total. The molecule has 0 radical (unpaired) electrons. The van der Waals surface area contributed by atoms with Crippen molar-refractivity contribution in [3.63, 3.8) is 0 Å². The zero-order valence-corrected chi connectivity index (χ0v) is 15.3. The van der Waals surface area contributed by atoms with Crippen LogP contribution in [0.4, 0.5) is 18.0 Å². The molecule has 28 heavy (non-hydrogen) atoms. The van der Waals surface area contributed by atoms with Crippen LogP contribution in [0.1, 0.15) is 47.9 Å². The van der Waals surface area contributed by atoms with Crippen LogP contribution in [0.2, 0.25) is 0 Å². The molecule has 1 unspecified atom stereocenters. The van der Waals surface area contributed by atoms with Crippen LogP contribution in [0, 0.1) is 5.92 Å². The van der Waals surface area contributed by atoms with E-state index in [0.29, 0.717) is 31.8 Å².